The molecule has 0 spiro atoms. The van der Waals surface area contributed by atoms with Gasteiger partial charge in [0.05, 0.1) is 19.5 Å². The molecule has 67 heavy (non-hydrogen) atoms. The van der Waals surface area contributed by atoms with Gasteiger partial charge in [0.15, 0.2) is 22.8 Å². The number of hydrogen-bond acceptors (Lipinski definition) is 18. The zero-order chi connectivity index (χ0) is 49.7. The van der Waals surface area contributed by atoms with E-state index in [1.165, 1.54) is 33.1 Å². The van der Waals surface area contributed by atoms with Crippen LogP contribution < -0.4 is 16.4 Å². The van der Waals surface area contributed by atoms with Gasteiger partial charge in [-0.1, -0.05) is 88.9 Å². The topological polar surface area (TPSA) is 364 Å². The Balaban J connectivity index is 1.31. The lowest BCUT2D eigenvalue weighted by Crippen LogP contribution is -2.46. The molecular weight excluding hydrogens is 963 g/mol. The minimum atomic E-state index is -5.58. The van der Waals surface area contributed by atoms with Gasteiger partial charge in [0.25, 0.3) is 0 Å². The second-order valence-electron chi connectivity index (χ2n) is 16.3. The second-order valence-corrected chi connectivity index (χ2v) is 21.7. The fourth-order valence-electron chi connectivity index (χ4n) is 6.45. The number of allylic oxidation sites excluding steroid dienone is 4. The Morgan fingerprint density at radius 3 is 2.25 bits per heavy atom. The van der Waals surface area contributed by atoms with Crippen LogP contribution in [0.3, 0.4) is 0 Å². The Morgan fingerprint density at radius 1 is 0.910 bits per heavy atom. The van der Waals surface area contributed by atoms with Gasteiger partial charge in [-0.2, -0.15) is 4.31 Å². The molecule has 0 saturated carbocycles. The van der Waals surface area contributed by atoms with E-state index in [0.29, 0.717) is 12.2 Å². The number of phosphoric ester groups is 3. The van der Waals surface area contributed by atoms with E-state index in [0.717, 1.165) is 80.4 Å². The first kappa shape index (κ1) is 58.4. The predicted molar refractivity (Wildman–Crippen MR) is 246 cm³/mol. The van der Waals surface area contributed by atoms with E-state index in [1.54, 1.807) is 0 Å². The number of aliphatic hydroxyl groups excluding tert-OH is 2. The van der Waals surface area contributed by atoms with Gasteiger partial charge < -0.3 is 50.9 Å². The van der Waals surface area contributed by atoms with Gasteiger partial charge in [0.1, 0.15) is 36.3 Å². The highest BCUT2D eigenvalue weighted by atomic mass is 32.2. The number of aromatic nitrogens is 4. The van der Waals surface area contributed by atoms with Gasteiger partial charge in [-0.25, -0.2) is 28.6 Å². The van der Waals surface area contributed by atoms with Crippen molar-refractivity contribution in [3.63, 3.8) is 0 Å². The Morgan fingerprint density at radius 2 is 1.57 bits per heavy atom. The molecule has 1 saturated heterocycles. The lowest BCUT2D eigenvalue weighted by atomic mass is 9.87. The molecule has 1 aliphatic rings. The molecule has 3 rings (SSSR count). The smallest absolute Gasteiger partial charge is 0.386 e. The van der Waals surface area contributed by atoms with Gasteiger partial charge in [0, 0.05) is 37.1 Å². The van der Waals surface area contributed by atoms with Gasteiger partial charge in [-0.05, 0) is 38.5 Å². The normalized spacial score (nSPS) is 20.3. The number of nitrogen functional groups attached to an aromatic ring is 1. The number of phosphoric acid groups is 3. The zero-order valence-corrected chi connectivity index (χ0v) is 41.4. The predicted octanol–water partition coefficient (Wildman–Crippen LogP) is 4.48. The van der Waals surface area contributed by atoms with Crippen molar-refractivity contribution in [3.8, 4) is 0 Å². The Hall–Kier alpha value is -2.96. The lowest BCUT2D eigenvalue weighted by Gasteiger charge is -2.30. The van der Waals surface area contributed by atoms with Crippen LogP contribution in [0.1, 0.15) is 110 Å². The number of thioether (sulfide) groups is 1. The van der Waals surface area contributed by atoms with Crippen LogP contribution in [0.15, 0.2) is 37.0 Å². The summed E-state index contributed by atoms with van der Waals surface area (Å²) in [6.07, 6.45) is 14.6. The molecule has 0 radical (unpaired) electrons. The minimum Gasteiger partial charge on any atom is -0.386 e. The molecule has 3 heterocycles. The van der Waals surface area contributed by atoms with Crippen molar-refractivity contribution in [1.29, 1.82) is 0 Å². The van der Waals surface area contributed by atoms with Crippen LogP contribution in [0.2, 0.25) is 0 Å². The van der Waals surface area contributed by atoms with Crippen molar-refractivity contribution in [2.24, 2.45) is 5.41 Å². The third kappa shape index (κ3) is 21.7. The minimum absolute atomic E-state index is 0.0323. The van der Waals surface area contributed by atoms with Gasteiger partial charge in [0.2, 0.25) is 11.8 Å². The lowest BCUT2D eigenvalue weighted by molar-refractivity contribution is -0.137. The molecule has 28 heteroatoms. The van der Waals surface area contributed by atoms with Crippen LogP contribution in [0.25, 0.3) is 11.2 Å². The van der Waals surface area contributed by atoms with Crippen molar-refractivity contribution in [2.45, 2.75) is 135 Å². The van der Waals surface area contributed by atoms with E-state index in [1.807, 2.05) is 0 Å². The van der Waals surface area contributed by atoms with Crippen LogP contribution in [0.5, 0.6) is 0 Å². The van der Waals surface area contributed by atoms with Gasteiger partial charge >= 0.3 is 23.5 Å². The number of nitrogens with one attached hydrogen (secondary N) is 2. The summed E-state index contributed by atoms with van der Waals surface area (Å²) >= 11 is 1.14. The van der Waals surface area contributed by atoms with Gasteiger partial charge in [-0.3, -0.25) is 32.5 Å². The maximum atomic E-state index is 12.7. The molecule has 2 aromatic heterocycles. The van der Waals surface area contributed by atoms with Crippen molar-refractivity contribution < 1.29 is 80.5 Å². The van der Waals surface area contributed by atoms with Crippen LogP contribution in [-0.4, -0.2) is 123 Å². The Kier molecular flexibility index (Phi) is 24.9. The van der Waals surface area contributed by atoms with Crippen molar-refractivity contribution in [3.05, 3.63) is 37.0 Å². The maximum absolute atomic E-state index is 12.7. The number of imidazole rings is 1. The summed E-state index contributed by atoms with van der Waals surface area (Å²) < 4.78 is 62.4. The highest BCUT2D eigenvalue weighted by Gasteiger charge is 2.50. The Bertz CT molecular complexity index is 2090. The number of ether oxygens (including phenoxy) is 1. The largest absolute Gasteiger partial charge is 0.481 e. The molecule has 1 fully saturated rings. The molecule has 380 valence electrons. The van der Waals surface area contributed by atoms with E-state index in [2.05, 4.69) is 65.6 Å². The number of anilines is 1. The summed E-state index contributed by atoms with van der Waals surface area (Å²) in [5.74, 6) is -1.04. The number of nitrogens with two attached hydrogens (primary N) is 1. The summed E-state index contributed by atoms with van der Waals surface area (Å²) in [4.78, 5) is 88.3. The summed E-state index contributed by atoms with van der Waals surface area (Å²) in [6, 6.07) is 0. The van der Waals surface area contributed by atoms with E-state index in [9.17, 15) is 57.9 Å². The highest BCUT2D eigenvalue weighted by Crippen LogP contribution is 2.61. The molecular formula is C39H66N7O17P3S. The molecule has 0 aliphatic carbocycles. The number of amides is 2. The van der Waals surface area contributed by atoms with Crippen molar-refractivity contribution >= 4 is 69.1 Å². The first-order chi connectivity index (χ1) is 31.6. The molecule has 0 bridgehead atoms. The van der Waals surface area contributed by atoms with Crippen LogP contribution in [-0.2, 0) is 50.7 Å². The highest BCUT2D eigenvalue weighted by molar-refractivity contribution is 8.13. The fourth-order valence-corrected chi connectivity index (χ4v) is 10.00. The van der Waals surface area contributed by atoms with Gasteiger partial charge in [-0.15, -0.1) is 0 Å². The van der Waals surface area contributed by atoms with E-state index >= 15 is 0 Å². The first-order valence-electron chi connectivity index (χ1n) is 21.9. The average molecular weight is 1030 g/mol. The summed E-state index contributed by atoms with van der Waals surface area (Å²) in [5.41, 5.74) is 4.28. The fraction of sp³-hybridized carbons (Fsp3) is 0.692. The second kappa shape index (κ2) is 28.6. The average Bonchev–Trinajstić information content (AvgIpc) is 3.81. The number of aliphatic hydroxyl groups is 2. The molecule has 7 atom stereocenters. The molecule has 3 unspecified atom stereocenters. The third-order valence-corrected chi connectivity index (χ3v) is 14.1. The molecule has 2 amide bonds. The molecule has 0 aromatic carbocycles. The molecule has 1 aliphatic heterocycles. The summed E-state index contributed by atoms with van der Waals surface area (Å²) in [7, 11) is -16.4. The summed E-state index contributed by atoms with van der Waals surface area (Å²) in [5, 5.41) is 26.6. The molecule has 10 N–H and O–H groups in total. The number of unbranched alkanes of at least 4 members (excludes halogenated alkanes) is 8. The van der Waals surface area contributed by atoms with Crippen LogP contribution in [0, 0.1) is 5.41 Å². The third-order valence-electron chi connectivity index (χ3n) is 10.1. The molecule has 2 aromatic rings. The quantitative estimate of drug-likeness (QED) is 0.0270. The number of nitrogens with zero attached hydrogens (tertiary/aromatic N) is 4. The van der Waals surface area contributed by atoms with Crippen LogP contribution >= 0.6 is 35.2 Å². The van der Waals surface area contributed by atoms with E-state index in [-0.39, 0.29) is 41.6 Å². The van der Waals surface area contributed by atoms with E-state index < -0.39 is 84.6 Å². The van der Waals surface area contributed by atoms with Crippen LogP contribution in [0.4, 0.5) is 5.82 Å². The monoisotopic (exact) mass is 1030 g/mol. The zero-order valence-electron chi connectivity index (χ0n) is 37.9. The summed E-state index contributed by atoms with van der Waals surface area (Å²) in [6.45, 7) is 2.76. The van der Waals surface area contributed by atoms with Crippen molar-refractivity contribution in [1.82, 2.24) is 30.2 Å². The number of carbonyl (C=O) groups excluding carboxylic acids is 3. The number of fused-ring (bicyclic) bond motifs is 1. The maximum Gasteiger partial charge on any atom is 0.481 e. The Labute approximate surface area is 393 Å². The number of carbonyl (C=O) groups is 3. The SMILES string of the molecule is CCCCC/C=C\C/C=C\CCCCCCCC(=O)SCCNC(=O)CCNC(=O)[C@H](O)C(C)(C)COP(=O)(O)OP(=O)(O)OC[C@H]1O[C@@H](n2cnc3c(N)ncnc32)C(O)[C@H]1OP(=O)(O)O. The first-order valence-corrected chi connectivity index (χ1v) is 27.4. The number of rotatable bonds is 33. The number of hydrogen-bond donors (Lipinski definition) is 9. The van der Waals surface area contributed by atoms with Crippen molar-refractivity contribution in [2.75, 3.05) is 37.8 Å². The van der Waals surface area contributed by atoms with E-state index in [4.69, 9.17) is 19.5 Å². The standard InChI is InChI=1S/C39H66N7O17P3S/c1-4-5-6-7-8-9-10-11-12-13-14-15-16-17-18-19-30(48)67-23-22-41-29(47)20-21-42-37(51)34(50)39(2,3)25-60-66(57,58)63-65(55,56)59-24-28-33(62-64(52,53)54)32(49)38(61-28)46-27-45-31-35(40)43-26-44-36(31)46/h8-9,11-12,26-28,32-34,38,49-50H,4-7,10,13-25H2,1-3H3,(H,41,47)(H,42,51)(H,55,56)(H,57,58)(H2,40,43,44)(H2,52,53,54)/b9-8-,12-11-/t28-,32?,33+,34+,38-/m1/s1. The molecule has 24 nitrogen and oxygen atoms in total.